The van der Waals surface area contributed by atoms with Gasteiger partial charge in [0.05, 0.1) is 12.6 Å². The second-order valence-electron chi connectivity index (χ2n) is 9.91. The Hall–Kier alpha value is -2.62. The van der Waals surface area contributed by atoms with Crippen molar-refractivity contribution in [1.82, 2.24) is 35.0 Å². The molecule has 3 aromatic rings. The third kappa shape index (κ3) is 4.06. The van der Waals surface area contributed by atoms with Gasteiger partial charge in [0.25, 0.3) is 5.56 Å². The van der Waals surface area contributed by atoms with E-state index in [-0.39, 0.29) is 17.7 Å². The van der Waals surface area contributed by atoms with Crippen LogP contribution in [0.15, 0.2) is 29.1 Å². The van der Waals surface area contributed by atoms with E-state index in [0.717, 1.165) is 67.8 Å². The van der Waals surface area contributed by atoms with Crippen molar-refractivity contribution < 1.29 is 4.74 Å². The zero-order valence-corrected chi connectivity index (χ0v) is 19.8. The molecule has 3 aliphatic rings. The fourth-order valence-electron chi connectivity index (χ4n) is 5.96. The van der Waals surface area contributed by atoms with Gasteiger partial charge in [-0.1, -0.05) is 13.0 Å². The van der Waals surface area contributed by atoms with E-state index in [2.05, 4.69) is 55.4 Å². The second-order valence-corrected chi connectivity index (χ2v) is 9.91. The lowest BCUT2D eigenvalue weighted by atomic mass is 10.00. The number of H-pyrrole nitrogens is 1. The molecule has 9 nitrogen and oxygen atoms in total. The van der Waals surface area contributed by atoms with Crippen molar-refractivity contribution in [2.75, 3.05) is 32.8 Å². The standard InChI is InChI=1S/C25H33N7O2/c1-2-17-7-8-22-18(13-17)14-21(25(33)26-22)23(31-11-10-30-9-3-5-19(30)15-31)24-27-28-29-32(24)16-20-6-4-12-34-20/h7-8,13-14,19-20,23H,2-6,9-12,15-16H2,1H3,(H,26,33)/t19-,20+,23-/m1/s1. The van der Waals surface area contributed by atoms with Crippen LogP contribution < -0.4 is 5.56 Å². The van der Waals surface area contributed by atoms with Crippen molar-refractivity contribution in [3.05, 3.63) is 51.6 Å². The number of piperazine rings is 1. The van der Waals surface area contributed by atoms with Crippen LogP contribution in [0.1, 0.15) is 55.6 Å². The zero-order valence-electron chi connectivity index (χ0n) is 19.8. The molecule has 3 saturated heterocycles. The number of ether oxygens (including phenoxy) is 1. The summed E-state index contributed by atoms with van der Waals surface area (Å²) in [6, 6.07) is 8.56. The molecule has 1 N–H and O–H groups in total. The highest BCUT2D eigenvalue weighted by atomic mass is 16.5. The van der Waals surface area contributed by atoms with Gasteiger partial charge in [-0.05, 0) is 78.2 Å². The summed E-state index contributed by atoms with van der Waals surface area (Å²) < 4.78 is 7.74. The Morgan fingerprint density at radius 1 is 1.18 bits per heavy atom. The Labute approximate surface area is 199 Å². The van der Waals surface area contributed by atoms with Crippen LogP contribution in [0.25, 0.3) is 10.9 Å². The number of rotatable bonds is 6. The predicted octanol–water partition coefficient (Wildman–Crippen LogP) is 2.13. The lowest BCUT2D eigenvalue weighted by Crippen LogP contribution is -2.52. The Morgan fingerprint density at radius 2 is 2.12 bits per heavy atom. The Bertz CT molecular complexity index is 1220. The average Bonchev–Trinajstić information content (AvgIpc) is 3.62. The minimum Gasteiger partial charge on any atom is -0.376 e. The highest BCUT2D eigenvalue weighted by Gasteiger charge is 2.38. The van der Waals surface area contributed by atoms with Crippen LogP contribution in [0.4, 0.5) is 0 Å². The molecule has 5 heterocycles. The summed E-state index contributed by atoms with van der Waals surface area (Å²) in [5.41, 5.74) is 2.77. The van der Waals surface area contributed by atoms with E-state index in [0.29, 0.717) is 12.6 Å². The number of aryl methyl sites for hydroxylation is 1. The van der Waals surface area contributed by atoms with Gasteiger partial charge in [-0.3, -0.25) is 14.6 Å². The summed E-state index contributed by atoms with van der Waals surface area (Å²) in [7, 11) is 0. The third-order valence-electron chi connectivity index (χ3n) is 7.83. The maximum absolute atomic E-state index is 13.5. The Balaban J connectivity index is 1.43. The molecule has 2 aromatic heterocycles. The molecule has 180 valence electrons. The van der Waals surface area contributed by atoms with Crippen LogP contribution in [-0.4, -0.2) is 79.9 Å². The van der Waals surface area contributed by atoms with Gasteiger partial charge in [-0.25, -0.2) is 4.68 Å². The molecule has 0 unspecified atom stereocenters. The van der Waals surface area contributed by atoms with Gasteiger partial charge in [0.15, 0.2) is 5.82 Å². The third-order valence-corrected chi connectivity index (χ3v) is 7.83. The second kappa shape index (κ2) is 9.20. The van der Waals surface area contributed by atoms with Crippen LogP contribution >= 0.6 is 0 Å². The topological polar surface area (TPSA) is 92.2 Å². The summed E-state index contributed by atoms with van der Waals surface area (Å²) in [6.45, 7) is 7.56. The Morgan fingerprint density at radius 3 is 2.97 bits per heavy atom. The number of tetrazole rings is 1. The summed E-state index contributed by atoms with van der Waals surface area (Å²) in [5, 5.41) is 13.9. The van der Waals surface area contributed by atoms with Gasteiger partial charge >= 0.3 is 0 Å². The summed E-state index contributed by atoms with van der Waals surface area (Å²) in [6.07, 6.45) is 5.61. The van der Waals surface area contributed by atoms with Crippen molar-refractivity contribution in [2.24, 2.45) is 0 Å². The first-order valence-electron chi connectivity index (χ1n) is 12.7. The molecule has 3 fully saturated rings. The van der Waals surface area contributed by atoms with Gasteiger partial charge in [0.2, 0.25) is 0 Å². The molecule has 0 aliphatic carbocycles. The van der Waals surface area contributed by atoms with Crippen LogP contribution in [0.5, 0.6) is 0 Å². The van der Waals surface area contributed by atoms with E-state index in [1.165, 1.54) is 24.9 Å². The highest BCUT2D eigenvalue weighted by Crippen LogP contribution is 2.32. The van der Waals surface area contributed by atoms with E-state index in [1.807, 2.05) is 10.7 Å². The van der Waals surface area contributed by atoms with Gasteiger partial charge < -0.3 is 9.72 Å². The SMILES string of the molecule is CCc1ccc2[nH]c(=O)c([C@H](c3nnnn3C[C@@H]3CCCO3)N3CCN4CCC[C@@H]4C3)cc2c1. The summed E-state index contributed by atoms with van der Waals surface area (Å²) in [5.74, 6) is 0.735. The van der Waals surface area contributed by atoms with Gasteiger partial charge in [-0.2, -0.15) is 0 Å². The zero-order chi connectivity index (χ0) is 23.1. The maximum atomic E-state index is 13.5. The fraction of sp³-hybridized carbons (Fsp3) is 0.600. The number of nitrogens with one attached hydrogen (secondary N) is 1. The number of pyridine rings is 1. The smallest absolute Gasteiger partial charge is 0.253 e. The van der Waals surface area contributed by atoms with Gasteiger partial charge in [0, 0.05) is 43.4 Å². The van der Waals surface area contributed by atoms with Crippen LogP contribution in [0.3, 0.4) is 0 Å². The fourth-order valence-corrected chi connectivity index (χ4v) is 5.96. The van der Waals surface area contributed by atoms with Crippen molar-refractivity contribution in [2.45, 2.75) is 63.8 Å². The van der Waals surface area contributed by atoms with Crippen molar-refractivity contribution in [1.29, 1.82) is 0 Å². The van der Waals surface area contributed by atoms with Crippen molar-refractivity contribution >= 4 is 10.9 Å². The number of fused-ring (bicyclic) bond motifs is 2. The molecule has 0 spiro atoms. The number of hydrogen-bond acceptors (Lipinski definition) is 7. The molecule has 1 aromatic carbocycles. The van der Waals surface area contributed by atoms with Crippen LogP contribution in [-0.2, 0) is 17.7 Å². The molecule has 3 aliphatic heterocycles. The number of nitrogens with zero attached hydrogens (tertiary/aromatic N) is 6. The largest absolute Gasteiger partial charge is 0.376 e. The molecular weight excluding hydrogens is 430 g/mol. The maximum Gasteiger partial charge on any atom is 0.253 e. The molecule has 0 amide bonds. The van der Waals surface area contributed by atoms with Crippen molar-refractivity contribution in [3.63, 3.8) is 0 Å². The first-order valence-corrected chi connectivity index (χ1v) is 12.7. The number of hydrogen-bond donors (Lipinski definition) is 1. The van der Waals surface area contributed by atoms with E-state index < -0.39 is 0 Å². The van der Waals surface area contributed by atoms with Gasteiger partial charge in [-0.15, -0.1) is 5.10 Å². The molecule has 0 radical (unpaired) electrons. The first-order chi connectivity index (χ1) is 16.7. The number of aromatic amines is 1. The van der Waals surface area contributed by atoms with Gasteiger partial charge in [0.1, 0.15) is 6.04 Å². The van der Waals surface area contributed by atoms with E-state index >= 15 is 0 Å². The summed E-state index contributed by atoms with van der Waals surface area (Å²) >= 11 is 0. The highest BCUT2D eigenvalue weighted by molar-refractivity contribution is 5.80. The minimum atomic E-state index is -0.294. The lowest BCUT2D eigenvalue weighted by molar-refractivity contribution is 0.0728. The minimum absolute atomic E-state index is 0.0673. The van der Waals surface area contributed by atoms with Crippen LogP contribution in [0.2, 0.25) is 0 Å². The van der Waals surface area contributed by atoms with E-state index in [9.17, 15) is 4.79 Å². The molecule has 34 heavy (non-hydrogen) atoms. The average molecular weight is 464 g/mol. The molecule has 0 saturated carbocycles. The molecule has 3 atom stereocenters. The monoisotopic (exact) mass is 463 g/mol. The molecular formula is C25H33N7O2. The quantitative estimate of drug-likeness (QED) is 0.599. The molecule has 9 heteroatoms. The predicted molar refractivity (Wildman–Crippen MR) is 129 cm³/mol. The molecule has 0 bridgehead atoms. The van der Waals surface area contributed by atoms with E-state index in [4.69, 9.17) is 4.74 Å². The normalized spacial score (nSPS) is 24.6. The van der Waals surface area contributed by atoms with E-state index in [1.54, 1.807) is 0 Å². The lowest BCUT2D eigenvalue weighted by Gasteiger charge is -2.41. The van der Waals surface area contributed by atoms with Crippen molar-refractivity contribution in [3.8, 4) is 0 Å². The Kier molecular flexibility index (Phi) is 5.92. The summed E-state index contributed by atoms with van der Waals surface area (Å²) in [4.78, 5) is 21.6. The first kappa shape index (κ1) is 21.9. The molecule has 6 rings (SSSR count). The number of benzene rings is 1. The van der Waals surface area contributed by atoms with Crippen LogP contribution in [0, 0.1) is 0 Å². The number of aromatic nitrogens is 5.